The highest BCUT2D eigenvalue weighted by Gasteiger charge is 2.17. The van der Waals surface area contributed by atoms with Crippen LogP contribution < -0.4 is 4.90 Å². The summed E-state index contributed by atoms with van der Waals surface area (Å²) in [5, 5.41) is 8.93. The second-order valence-electron chi connectivity index (χ2n) is 6.24. The minimum Gasteiger partial charge on any atom is -0.478 e. The Bertz CT molecular complexity index is 747. The Morgan fingerprint density at radius 3 is 2.54 bits per heavy atom. The summed E-state index contributed by atoms with van der Waals surface area (Å²) in [6.07, 6.45) is 7.71. The molecule has 0 radical (unpaired) electrons. The number of carbonyl (C=O) groups is 1. The number of fused-ring (bicyclic) bond motifs is 1. The molecule has 0 saturated heterocycles. The number of unbranched alkanes of at least 4 members (excludes halogenated alkanes) is 1. The Kier molecular flexibility index (Phi) is 4.99. The zero-order valence-corrected chi connectivity index (χ0v) is 14.0. The van der Waals surface area contributed by atoms with Gasteiger partial charge in [-0.3, -0.25) is 0 Å². The molecule has 0 unspecified atom stereocenters. The van der Waals surface area contributed by atoms with Crippen molar-refractivity contribution in [1.82, 2.24) is 0 Å². The molecule has 0 bridgehead atoms. The Hall–Kier alpha value is -2.55. The second-order valence-corrected chi connectivity index (χ2v) is 6.24. The predicted octanol–water partition coefficient (Wildman–Crippen LogP) is 4.72. The molecule has 24 heavy (non-hydrogen) atoms. The van der Waals surface area contributed by atoms with Crippen LogP contribution in [-0.2, 0) is 6.42 Å². The highest BCUT2D eigenvalue weighted by atomic mass is 16.4. The van der Waals surface area contributed by atoms with Crippen LogP contribution >= 0.6 is 0 Å². The molecular weight excluding hydrogens is 298 g/mol. The highest BCUT2D eigenvalue weighted by molar-refractivity contribution is 5.88. The van der Waals surface area contributed by atoms with Gasteiger partial charge in [0.15, 0.2) is 0 Å². The molecule has 1 aliphatic rings. The van der Waals surface area contributed by atoms with Crippen molar-refractivity contribution in [3.05, 3.63) is 64.7 Å². The summed E-state index contributed by atoms with van der Waals surface area (Å²) < 4.78 is 0. The Morgan fingerprint density at radius 2 is 1.83 bits per heavy atom. The standard InChI is InChI=1S/C21H23NO2/c1-2-3-13-22-14-12-19-15-17(8-11-20(19)22)5-4-16-6-9-18(10-7-16)21(23)24/h4-11,15H,2-3,12-14H2,1H3,(H,23,24). The van der Waals surface area contributed by atoms with Gasteiger partial charge in [-0.1, -0.05) is 43.7 Å². The fourth-order valence-corrected chi connectivity index (χ4v) is 3.10. The summed E-state index contributed by atoms with van der Waals surface area (Å²) in [6.45, 7) is 4.50. The van der Waals surface area contributed by atoms with E-state index in [4.69, 9.17) is 5.11 Å². The maximum absolute atomic E-state index is 10.9. The molecule has 2 aromatic carbocycles. The van der Waals surface area contributed by atoms with Gasteiger partial charge >= 0.3 is 5.97 Å². The van der Waals surface area contributed by atoms with Crippen molar-refractivity contribution in [3.63, 3.8) is 0 Å². The molecule has 0 aromatic heterocycles. The van der Waals surface area contributed by atoms with Crippen LogP contribution in [0.2, 0.25) is 0 Å². The summed E-state index contributed by atoms with van der Waals surface area (Å²) in [4.78, 5) is 13.4. The first-order valence-electron chi connectivity index (χ1n) is 8.56. The molecule has 3 rings (SSSR count). The van der Waals surface area contributed by atoms with Crippen LogP contribution in [0.15, 0.2) is 42.5 Å². The first-order chi connectivity index (χ1) is 11.7. The summed E-state index contributed by atoms with van der Waals surface area (Å²) in [7, 11) is 0. The largest absolute Gasteiger partial charge is 0.478 e. The van der Waals surface area contributed by atoms with Crippen molar-refractivity contribution in [2.24, 2.45) is 0 Å². The lowest BCUT2D eigenvalue weighted by atomic mass is 10.1. The van der Waals surface area contributed by atoms with Crippen LogP contribution in [0.5, 0.6) is 0 Å². The van der Waals surface area contributed by atoms with Gasteiger partial charge in [-0.05, 0) is 53.8 Å². The predicted molar refractivity (Wildman–Crippen MR) is 99.6 cm³/mol. The first kappa shape index (κ1) is 16.3. The SMILES string of the molecule is CCCCN1CCc2cc(C=Cc3ccc(C(=O)O)cc3)ccc21. The molecule has 0 saturated carbocycles. The molecule has 0 fully saturated rings. The van der Waals surface area contributed by atoms with E-state index in [-0.39, 0.29) is 0 Å². The van der Waals surface area contributed by atoms with Gasteiger partial charge in [-0.2, -0.15) is 0 Å². The minimum atomic E-state index is -0.892. The maximum Gasteiger partial charge on any atom is 0.335 e. The summed E-state index contributed by atoms with van der Waals surface area (Å²) in [5.74, 6) is -0.892. The number of carboxylic acid groups (broad SMARTS) is 1. The van der Waals surface area contributed by atoms with E-state index in [0.29, 0.717) is 5.56 Å². The van der Waals surface area contributed by atoms with Crippen molar-refractivity contribution in [2.45, 2.75) is 26.2 Å². The van der Waals surface area contributed by atoms with Gasteiger partial charge in [-0.15, -0.1) is 0 Å². The lowest BCUT2D eigenvalue weighted by molar-refractivity contribution is 0.0697. The third-order valence-corrected chi connectivity index (χ3v) is 4.50. The molecule has 1 N–H and O–H groups in total. The van der Waals surface area contributed by atoms with Gasteiger partial charge < -0.3 is 10.0 Å². The third-order valence-electron chi connectivity index (χ3n) is 4.50. The summed E-state index contributed by atoms with van der Waals surface area (Å²) in [5.41, 5.74) is 5.32. The molecule has 1 aliphatic heterocycles. The van der Waals surface area contributed by atoms with Crippen LogP contribution in [0.1, 0.15) is 46.8 Å². The van der Waals surface area contributed by atoms with Crippen LogP contribution in [0, 0.1) is 0 Å². The van der Waals surface area contributed by atoms with Crippen molar-refractivity contribution in [2.75, 3.05) is 18.0 Å². The zero-order valence-electron chi connectivity index (χ0n) is 14.0. The smallest absolute Gasteiger partial charge is 0.335 e. The molecule has 2 aromatic rings. The normalized spacial score (nSPS) is 13.5. The molecule has 3 nitrogen and oxygen atoms in total. The van der Waals surface area contributed by atoms with E-state index in [1.807, 2.05) is 18.2 Å². The van der Waals surface area contributed by atoms with E-state index in [1.54, 1.807) is 12.1 Å². The fourth-order valence-electron chi connectivity index (χ4n) is 3.10. The highest BCUT2D eigenvalue weighted by Crippen LogP contribution is 2.29. The molecule has 0 aliphatic carbocycles. The average Bonchev–Trinajstić information content (AvgIpc) is 3.00. The van der Waals surface area contributed by atoms with Gasteiger partial charge in [0.2, 0.25) is 0 Å². The number of aromatic carboxylic acids is 1. The van der Waals surface area contributed by atoms with Crippen LogP contribution in [-0.4, -0.2) is 24.2 Å². The number of hydrogen-bond donors (Lipinski definition) is 1. The molecule has 3 heteroatoms. The topological polar surface area (TPSA) is 40.5 Å². The van der Waals surface area contributed by atoms with Crippen molar-refractivity contribution >= 4 is 23.8 Å². The van der Waals surface area contributed by atoms with Crippen molar-refractivity contribution < 1.29 is 9.90 Å². The number of anilines is 1. The van der Waals surface area contributed by atoms with E-state index in [0.717, 1.165) is 25.1 Å². The average molecular weight is 321 g/mol. The first-order valence-corrected chi connectivity index (χ1v) is 8.56. The number of carboxylic acids is 1. The lowest BCUT2D eigenvalue weighted by Crippen LogP contribution is -2.21. The molecule has 124 valence electrons. The molecule has 1 heterocycles. The number of rotatable bonds is 6. The monoisotopic (exact) mass is 321 g/mol. The second kappa shape index (κ2) is 7.35. The lowest BCUT2D eigenvalue weighted by Gasteiger charge is -2.18. The van der Waals surface area contributed by atoms with Crippen molar-refractivity contribution in [1.29, 1.82) is 0 Å². The maximum atomic E-state index is 10.9. The van der Waals surface area contributed by atoms with E-state index in [1.165, 1.54) is 29.7 Å². The van der Waals surface area contributed by atoms with Gasteiger partial charge in [0, 0.05) is 18.8 Å². The van der Waals surface area contributed by atoms with E-state index in [9.17, 15) is 4.79 Å². The number of nitrogens with zero attached hydrogens (tertiary/aromatic N) is 1. The molecule has 0 atom stereocenters. The fraction of sp³-hybridized carbons (Fsp3) is 0.286. The van der Waals surface area contributed by atoms with Gasteiger partial charge in [-0.25, -0.2) is 4.79 Å². The van der Waals surface area contributed by atoms with Gasteiger partial charge in [0.1, 0.15) is 0 Å². The number of benzene rings is 2. The van der Waals surface area contributed by atoms with Crippen molar-refractivity contribution in [3.8, 4) is 0 Å². The van der Waals surface area contributed by atoms with E-state index >= 15 is 0 Å². The van der Waals surface area contributed by atoms with Crippen LogP contribution in [0.4, 0.5) is 5.69 Å². The Morgan fingerprint density at radius 1 is 1.12 bits per heavy atom. The summed E-state index contributed by atoms with van der Waals surface area (Å²) in [6, 6.07) is 13.6. The van der Waals surface area contributed by atoms with E-state index < -0.39 is 5.97 Å². The van der Waals surface area contributed by atoms with Crippen LogP contribution in [0.25, 0.3) is 12.2 Å². The quantitative estimate of drug-likeness (QED) is 0.783. The number of hydrogen-bond acceptors (Lipinski definition) is 2. The summed E-state index contributed by atoms with van der Waals surface area (Å²) >= 11 is 0. The zero-order chi connectivity index (χ0) is 16.9. The van der Waals surface area contributed by atoms with Crippen LogP contribution in [0.3, 0.4) is 0 Å². The molecule has 0 spiro atoms. The Balaban J connectivity index is 1.71. The Labute approximate surface area is 143 Å². The van der Waals surface area contributed by atoms with Gasteiger partial charge in [0.25, 0.3) is 0 Å². The molecular formula is C21H23NO2. The molecule has 0 amide bonds. The van der Waals surface area contributed by atoms with Gasteiger partial charge in [0.05, 0.1) is 5.56 Å². The minimum absolute atomic E-state index is 0.317. The third kappa shape index (κ3) is 3.67. The van der Waals surface area contributed by atoms with E-state index in [2.05, 4.69) is 36.1 Å².